The Bertz CT molecular complexity index is 617. The van der Waals surface area contributed by atoms with E-state index in [1.807, 2.05) is 12.1 Å². The van der Waals surface area contributed by atoms with Gasteiger partial charge in [0.1, 0.15) is 17.3 Å². The molecule has 0 aliphatic carbocycles. The minimum atomic E-state index is -0.305. The van der Waals surface area contributed by atoms with Crippen molar-refractivity contribution in [3.05, 3.63) is 57.8 Å². The lowest BCUT2D eigenvalue weighted by Crippen LogP contribution is -2.00. The fourth-order valence-corrected chi connectivity index (χ4v) is 3.01. The van der Waals surface area contributed by atoms with Crippen molar-refractivity contribution >= 4 is 31.9 Å². The van der Waals surface area contributed by atoms with Gasteiger partial charge in [0.25, 0.3) is 0 Å². The SMILES string of the molecule is COc1ccc(C(Br)c2cc(Br)ccc2F)c(OC)c1. The van der Waals surface area contributed by atoms with E-state index in [-0.39, 0.29) is 10.6 Å². The first kappa shape index (κ1) is 15.3. The van der Waals surface area contributed by atoms with Gasteiger partial charge in [0, 0.05) is 21.7 Å². The molecular formula is C15H13Br2FO2. The van der Waals surface area contributed by atoms with Crippen molar-refractivity contribution in [2.45, 2.75) is 4.83 Å². The van der Waals surface area contributed by atoms with Gasteiger partial charge in [-0.1, -0.05) is 37.9 Å². The molecule has 0 aliphatic heterocycles. The maximum atomic E-state index is 14.0. The Morgan fingerprint density at radius 2 is 1.75 bits per heavy atom. The van der Waals surface area contributed by atoms with Crippen LogP contribution < -0.4 is 9.47 Å². The van der Waals surface area contributed by atoms with Gasteiger partial charge in [0.05, 0.1) is 19.0 Å². The predicted molar refractivity (Wildman–Crippen MR) is 84.4 cm³/mol. The molecule has 0 N–H and O–H groups in total. The standard InChI is InChI=1S/C15H13Br2FO2/c1-19-10-4-5-11(14(8-10)20-2)15(17)12-7-9(16)3-6-13(12)18/h3-8,15H,1-2H3. The van der Waals surface area contributed by atoms with Gasteiger partial charge in [-0.15, -0.1) is 0 Å². The normalized spacial score (nSPS) is 12.1. The topological polar surface area (TPSA) is 18.5 Å². The van der Waals surface area contributed by atoms with E-state index in [0.29, 0.717) is 17.1 Å². The molecule has 0 aliphatic rings. The number of alkyl halides is 1. The average Bonchev–Trinajstić information content (AvgIpc) is 2.48. The summed E-state index contributed by atoms with van der Waals surface area (Å²) in [6, 6.07) is 10.3. The smallest absolute Gasteiger partial charge is 0.127 e. The van der Waals surface area contributed by atoms with E-state index in [4.69, 9.17) is 9.47 Å². The third-order valence-electron chi connectivity index (χ3n) is 2.94. The second-order valence-corrected chi connectivity index (χ2v) is 5.97. The molecule has 2 rings (SSSR count). The summed E-state index contributed by atoms with van der Waals surface area (Å²) in [5, 5.41) is 0. The maximum absolute atomic E-state index is 14.0. The zero-order valence-corrected chi connectivity index (χ0v) is 14.2. The van der Waals surface area contributed by atoms with Gasteiger partial charge in [-0.2, -0.15) is 0 Å². The third-order valence-corrected chi connectivity index (χ3v) is 4.42. The van der Waals surface area contributed by atoms with E-state index in [9.17, 15) is 4.39 Å². The van der Waals surface area contributed by atoms with Crippen LogP contribution in [0.5, 0.6) is 11.5 Å². The molecule has 20 heavy (non-hydrogen) atoms. The van der Waals surface area contributed by atoms with E-state index in [1.165, 1.54) is 6.07 Å². The Morgan fingerprint density at radius 1 is 1.00 bits per heavy atom. The zero-order valence-electron chi connectivity index (χ0n) is 11.0. The van der Waals surface area contributed by atoms with Crippen LogP contribution in [0.25, 0.3) is 0 Å². The number of methoxy groups -OCH3 is 2. The molecule has 2 nitrogen and oxygen atoms in total. The van der Waals surface area contributed by atoms with Gasteiger partial charge in [0.15, 0.2) is 0 Å². The summed E-state index contributed by atoms with van der Waals surface area (Å²) in [6.45, 7) is 0. The molecule has 1 unspecified atom stereocenters. The lowest BCUT2D eigenvalue weighted by atomic mass is 10.0. The average molecular weight is 404 g/mol. The van der Waals surface area contributed by atoms with Crippen LogP contribution in [-0.4, -0.2) is 14.2 Å². The highest BCUT2D eigenvalue weighted by Crippen LogP contribution is 2.39. The Hall–Kier alpha value is -1.07. The molecule has 2 aromatic rings. The first-order valence-electron chi connectivity index (χ1n) is 5.87. The number of halogens is 3. The maximum Gasteiger partial charge on any atom is 0.127 e. The molecule has 0 radical (unpaired) electrons. The Labute approximate surface area is 134 Å². The van der Waals surface area contributed by atoms with Crippen molar-refractivity contribution in [1.29, 1.82) is 0 Å². The Kier molecular flexibility index (Phi) is 5.05. The van der Waals surface area contributed by atoms with Crippen molar-refractivity contribution in [1.82, 2.24) is 0 Å². The predicted octanol–water partition coefficient (Wildman–Crippen LogP) is 5.09. The molecule has 5 heteroatoms. The molecule has 0 aromatic heterocycles. The lowest BCUT2D eigenvalue weighted by molar-refractivity contribution is 0.391. The zero-order chi connectivity index (χ0) is 14.7. The first-order chi connectivity index (χ1) is 9.56. The van der Waals surface area contributed by atoms with Crippen LogP contribution in [0.1, 0.15) is 16.0 Å². The van der Waals surface area contributed by atoms with Crippen molar-refractivity contribution in [2.24, 2.45) is 0 Å². The molecule has 0 saturated carbocycles. The summed E-state index contributed by atoms with van der Waals surface area (Å²) in [5.41, 5.74) is 1.38. The highest BCUT2D eigenvalue weighted by molar-refractivity contribution is 9.10. The van der Waals surface area contributed by atoms with Crippen molar-refractivity contribution in [3.63, 3.8) is 0 Å². The molecular weight excluding hydrogens is 391 g/mol. The van der Waals surface area contributed by atoms with E-state index < -0.39 is 0 Å². The van der Waals surface area contributed by atoms with Crippen molar-refractivity contribution in [2.75, 3.05) is 14.2 Å². The second-order valence-electron chi connectivity index (χ2n) is 4.14. The summed E-state index contributed by atoms with van der Waals surface area (Å²) < 4.78 is 25.3. The largest absolute Gasteiger partial charge is 0.497 e. The van der Waals surface area contributed by atoms with Crippen molar-refractivity contribution in [3.8, 4) is 11.5 Å². The number of ether oxygens (including phenoxy) is 2. The number of rotatable bonds is 4. The van der Waals surface area contributed by atoms with Crippen LogP contribution in [0.3, 0.4) is 0 Å². The van der Waals surface area contributed by atoms with Crippen LogP contribution in [0.15, 0.2) is 40.9 Å². The minimum absolute atomic E-state index is 0.270. The molecule has 0 amide bonds. The second kappa shape index (κ2) is 6.59. The van der Waals surface area contributed by atoms with Gasteiger partial charge >= 0.3 is 0 Å². The van der Waals surface area contributed by atoms with Crippen LogP contribution in [0.2, 0.25) is 0 Å². The molecule has 106 valence electrons. The van der Waals surface area contributed by atoms with E-state index in [2.05, 4.69) is 31.9 Å². The number of benzene rings is 2. The van der Waals surface area contributed by atoms with E-state index in [1.54, 1.807) is 32.4 Å². The van der Waals surface area contributed by atoms with Crippen LogP contribution in [-0.2, 0) is 0 Å². The monoisotopic (exact) mass is 402 g/mol. The summed E-state index contributed by atoms with van der Waals surface area (Å²) in [6.07, 6.45) is 0. The summed E-state index contributed by atoms with van der Waals surface area (Å²) in [4.78, 5) is -0.305. The fourth-order valence-electron chi connectivity index (χ4n) is 1.90. The minimum Gasteiger partial charge on any atom is -0.497 e. The third kappa shape index (κ3) is 3.15. The van der Waals surface area contributed by atoms with Crippen LogP contribution in [0, 0.1) is 5.82 Å². The molecule has 0 saturated heterocycles. The van der Waals surface area contributed by atoms with Gasteiger partial charge in [-0.25, -0.2) is 4.39 Å². The Morgan fingerprint density at radius 3 is 2.40 bits per heavy atom. The fraction of sp³-hybridized carbons (Fsp3) is 0.200. The van der Waals surface area contributed by atoms with E-state index in [0.717, 1.165) is 10.0 Å². The molecule has 1 atom stereocenters. The summed E-state index contributed by atoms with van der Waals surface area (Å²) in [5.74, 6) is 1.07. The highest BCUT2D eigenvalue weighted by Gasteiger charge is 2.19. The van der Waals surface area contributed by atoms with Crippen molar-refractivity contribution < 1.29 is 13.9 Å². The lowest BCUT2D eigenvalue weighted by Gasteiger charge is -2.16. The number of hydrogen-bond donors (Lipinski definition) is 0. The molecule has 0 spiro atoms. The van der Waals surface area contributed by atoms with Gasteiger partial charge in [-0.3, -0.25) is 0 Å². The van der Waals surface area contributed by atoms with Crippen LogP contribution >= 0.6 is 31.9 Å². The molecule has 2 aromatic carbocycles. The van der Waals surface area contributed by atoms with Crippen LogP contribution in [0.4, 0.5) is 4.39 Å². The molecule has 0 heterocycles. The first-order valence-corrected chi connectivity index (χ1v) is 7.58. The van der Waals surface area contributed by atoms with Gasteiger partial charge < -0.3 is 9.47 Å². The van der Waals surface area contributed by atoms with E-state index >= 15 is 0 Å². The molecule has 0 bridgehead atoms. The highest BCUT2D eigenvalue weighted by atomic mass is 79.9. The van der Waals surface area contributed by atoms with Gasteiger partial charge in [-0.05, 0) is 24.3 Å². The quantitative estimate of drug-likeness (QED) is 0.662. The summed E-state index contributed by atoms with van der Waals surface area (Å²) >= 11 is 6.89. The Balaban J connectivity index is 2.47. The van der Waals surface area contributed by atoms with Gasteiger partial charge in [0.2, 0.25) is 0 Å². The molecule has 0 fully saturated rings. The summed E-state index contributed by atoms with van der Waals surface area (Å²) in [7, 11) is 3.17. The number of hydrogen-bond acceptors (Lipinski definition) is 2.